The van der Waals surface area contributed by atoms with Crippen LogP contribution in [0.3, 0.4) is 0 Å². The topological polar surface area (TPSA) is 40.5 Å². The van der Waals surface area contributed by atoms with Gasteiger partial charge in [0, 0.05) is 18.9 Å². The normalized spacial score (nSPS) is 10.5. The zero-order valence-corrected chi connectivity index (χ0v) is 9.97. The zero-order valence-electron chi connectivity index (χ0n) is 9.97. The third kappa shape index (κ3) is 1.96. The minimum absolute atomic E-state index is 0.0702. The van der Waals surface area contributed by atoms with Gasteiger partial charge in [0.05, 0.1) is 5.69 Å². The van der Waals surface area contributed by atoms with Crippen LogP contribution in [0.25, 0.3) is 10.8 Å². The van der Waals surface area contributed by atoms with E-state index in [4.69, 9.17) is 0 Å². The number of hydrogen-bond acceptors (Lipinski definition) is 2. The Morgan fingerprint density at radius 3 is 2.59 bits per heavy atom. The minimum Gasteiger partial charge on any atom is -0.506 e. The summed E-state index contributed by atoms with van der Waals surface area (Å²) in [5.74, 6) is 0.0694. The smallest absolute Gasteiger partial charge is 0.223 e. The summed E-state index contributed by atoms with van der Waals surface area (Å²) in [6.07, 6.45) is 0. The number of benzene rings is 2. The number of rotatable bonds is 2. The molecule has 1 N–H and O–H groups in total. The number of phenols is 1. The minimum atomic E-state index is -0.0702. The molecule has 2 rings (SSSR count). The molecule has 0 spiro atoms. The van der Waals surface area contributed by atoms with Crippen molar-refractivity contribution in [3.8, 4) is 5.75 Å². The second kappa shape index (κ2) is 4.45. The molecule has 2 aromatic rings. The van der Waals surface area contributed by atoms with Gasteiger partial charge in [0.2, 0.25) is 5.91 Å². The van der Waals surface area contributed by atoms with Gasteiger partial charge in [-0.1, -0.05) is 30.3 Å². The summed E-state index contributed by atoms with van der Waals surface area (Å²) >= 11 is 0. The maximum atomic E-state index is 11.6. The van der Waals surface area contributed by atoms with Crippen LogP contribution in [0.1, 0.15) is 13.8 Å². The van der Waals surface area contributed by atoms with E-state index in [1.165, 1.54) is 6.92 Å². The third-order valence-electron chi connectivity index (χ3n) is 2.85. The van der Waals surface area contributed by atoms with Crippen LogP contribution in [0.15, 0.2) is 36.4 Å². The lowest BCUT2D eigenvalue weighted by molar-refractivity contribution is -0.116. The van der Waals surface area contributed by atoms with Crippen molar-refractivity contribution in [2.45, 2.75) is 13.8 Å². The predicted octanol–water partition coefficient (Wildman–Crippen LogP) is 2.92. The van der Waals surface area contributed by atoms with Crippen molar-refractivity contribution in [3.63, 3.8) is 0 Å². The lowest BCUT2D eigenvalue weighted by Crippen LogP contribution is -2.28. The Morgan fingerprint density at radius 2 is 1.94 bits per heavy atom. The average molecular weight is 229 g/mol. The molecule has 0 aromatic heterocycles. The van der Waals surface area contributed by atoms with Crippen LogP contribution < -0.4 is 4.90 Å². The van der Waals surface area contributed by atoms with Crippen LogP contribution in [-0.4, -0.2) is 17.6 Å². The van der Waals surface area contributed by atoms with E-state index in [0.717, 1.165) is 10.8 Å². The highest BCUT2D eigenvalue weighted by Crippen LogP contribution is 2.35. The Balaban J connectivity index is 2.73. The quantitative estimate of drug-likeness (QED) is 0.860. The highest BCUT2D eigenvalue weighted by molar-refractivity contribution is 6.05. The second-order valence-corrected chi connectivity index (χ2v) is 3.92. The fraction of sp³-hybridized carbons (Fsp3) is 0.214. The summed E-state index contributed by atoms with van der Waals surface area (Å²) in [6.45, 7) is 3.93. The molecule has 3 heteroatoms. The van der Waals surface area contributed by atoms with Crippen LogP contribution in [0.2, 0.25) is 0 Å². The molecule has 1 amide bonds. The molecular weight excluding hydrogens is 214 g/mol. The molecule has 0 radical (unpaired) electrons. The van der Waals surface area contributed by atoms with Crippen LogP contribution in [-0.2, 0) is 4.79 Å². The number of aromatic hydroxyl groups is 1. The van der Waals surface area contributed by atoms with E-state index in [2.05, 4.69) is 0 Å². The number of nitrogens with zero attached hydrogens (tertiary/aromatic N) is 1. The maximum absolute atomic E-state index is 11.6. The molecular formula is C14H15NO2. The second-order valence-electron chi connectivity index (χ2n) is 3.92. The molecule has 0 saturated carbocycles. The number of anilines is 1. The van der Waals surface area contributed by atoms with E-state index in [-0.39, 0.29) is 11.7 Å². The van der Waals surface area contributed by atoms with E-state index in [9.17, 15) is 9.90 Å². The largest absolute Gasteiger partial charge is 0.506 e. The molecule has 0 aliphatic carbocycles. The fourth-order valence-corrected chi connectivity index (χ4v) is 2.07. The standard InChI is InChI=1S/C14H15NO2/c1-3-15(10(2)16)14-12-7-5-4-6-11(12)8-9-13(14)17/h4-9,17H,3H2,1-2H3. The SMILES string of the molecule is CCN(C(C)=O)c1c(O)ccc2ccccc12. The lowest BCUT2D eigenvalue weighted by Gasteiger charge is -2.22. The van der Waals surface area contributed by atoms with Gasteiger partial charge in [-0.2, -0.15) is 0 Å². The Morgan fingerprint density at radius 1 is 1.24 bits per heavy atom. The van der Waals surface area contributed by atoms with Crippen LogP contribution in [0.5, 0.6) is 5.75 Å². The Bertz CT molecular complexity index is 563. The summed E-state index contributed by atoms with van der Waals surface area (Å²) < 4.78 is 0. The molecule has 0 heterocycles. The first-order valence-corrected chi connectivity index (χ1v) is 5.64. The summed E-state index contributed by atoms with van der Waals surface area (Å²) in [7, 11) is 0. The van der Waals surface area contributed by atoms with Gasteiger partial charge in [-0.15, -0.1) is 0 Å². The Hall–Kier alpha value is -2.03. The third-order valence-corrected chi connectivity index (χ3v) is 2.85. The monoisotopic (exact) mass is 229 g/mol. The summed E-state index contributed by atoms with van der Waals surface area (Å²) in [6, 6.07) is 11.2. The first kappa shape index (κ1) is 11.5. The van der Waals surface area contributed by atoms with Gasteiger partial charge in [0.25, 0.3) is 0 Å². The number of phenolic OH excluding ortho intramolecular Hbond substituents is 1. The summed E-state index contributed by atoms with van der Waals surface area (Å²) in [5, 5.41) is 11.9. The molecule has 17 heavy (non-hydrogen) atoms. The molecule has 3 nitrogen and oxygen atoms in total. The van der Waals surface area contributed by atoms with Crippen molar-refractivity contribution < 1.29 is 9.90 Å². The Labute approximate surface area is 100 Å². The number of amides is 1. The molecule has 2 aromatic carbocycles. The van der Waals surface area contributed by atoms with E-state index < -0.39 is 0 Å². The lowest BCUT2D eigenvalue weighted by atomic mass is 10.1. The Kier molecular flexibility index (Phi) is 3.00. The van der Waals surface area contributed by atoms with Gasteiger partial charge in [0.1, 0.15) is 5.75 Å². The highest BCUT2D eigenvalue weighted by Gasteiger charge is 2.16. The average Bonchev–Trinajstić information content (AvgIpc) is 2.32. The number of carbonyl (C=O) groups excluding carboxylic acids is 1. The number of carbonyl (C=O) groups is 1. The van der Waals surface area contributed by atoms with Crippen molar-refractivity contribution in [3.05, 3.63) is 36.4 Å². The fourth-order valence-electron chi connectivity index (χ4n) is 2.07. The van der Waals surface area contributed by atoms with E-state index in [1.807, 2.05) is 37.3 Å². The number of hydrogen-bond donors (Lipinski definition) is 1. The van der Waals surface area contributed by atoms with Crippen molar-refractivity contribution in [1.29, 1.82) is 0 Å². The van der Waals surface area contributed by atoms with Gasteiger partial charge in [-0.3, -0.25) is 4.79 Å². The molecule has 0 aliphatic rings. The van der Waals surface area contributed by atoms with Crippen LogP contribution in [0.4, 0.5) is 5.69 Å². The van der Waals surface area contributed by atoms with Gasteiger partial charge in [-0.25, -0.2) is 0 Å². The van der Waals surface area contributed by atoms with Crippen molar-refractivity contribution in [1.82, 2.24) is 0 Å². The van der Waals surface area contributed by atoms with Crippen molar-refractivity contribution >= 4 is 22.4 Å². The molecule has 0 aliphatic heterocycles. The van der Waals surface area contributed by atoms with Gasteiger partial charge in [0.15, 0.2) is 0 Å². The summed E-state index contributed by atoms with van der Waals surface area (Å²) in [5.41, 5.74) is 0.595. The van der Waals surface area contributed by atoms with E-state index in [1.54, 1.807) is 11.0 Å². The van der Waals surface area contributed by atoms with Crippen LogP contribution in [0, 0.1) is 0 Å². The van der Waals surface area contributed by atoms with Crippen molar-refractivity contribution in [2.75, 3.05) is 11.4 Å². The van der Waals surface area contributed by atoms with E-state index >= 15 is 0 Å². The van der Waals surface area contributed by atoms with E-state index in [0.29, 0.717) is 12.2 Å². The first-order valence-electron chi connectivity index (χ1n) is 5.64. The molecule has 0 unspecified atom stereocenters. The van der Waals surface area contributed by atoms with Gasteiger partial charge in [-0.05, 0) is 18.4 Å². The van der Waals surface area contributed by atoms with Crippen molar-refractivity contribution in [2.24, 2.45) is 0 Å². The summed E-state index contributed by atoms with van der Waals surface area (Å²) in [4.78, 5) is 13.2. The highest BCUT2D eigenvalue weighted by atomic mass is 16.3. The number of fused-ring (bicyclic) bond motifs is 1. The molecule has 0 fully saturated rings. The molecule has 0 saturated heterocycles. The van der Waals surface area contributed by atoms with Gasteiger partial charge >= 0.3 is 0 Å². The zero-order chi connectivity index (χ0) is 12.4. The molecule has 88 valence electrons. The first-order chi connectivity index (χ1) is 8.15. The molecule has 0 atom stereocenters. The maximum Gasteiger partial charge on any atom is 0.223 e. The van der Waals surface area contributed by atoms with Crippen LogP contribution >= 0.6 is 0 Å². The predicted molar refractivity (Wildman–Crippen MR) is 69.3 cm³/mol. The molecule has 0 bridgehead atoms. The van der Waals surface area contributed by atoms with Gasteiger partial charge < -0.3 is 10.0 Å².